The second-order valence-corrected chi connectivity index (χ2v) is 11.6. The van der Waals surface area contributed by atoms with Gasteiger partial charge in [0.2, 0.25) is 0 Å². The van der Waals surface area contributed by atoms with Crippen LogP contribution in [0, 0.1) is 25.7 Å². The summed E-state index contributed by atoms with van der Waals surface area (Å²) in [5.41, 5.74) is 4.63. The van der Waals surface area contributed by atoms with Crippen LogP contribution in [0.4, 0.5) is 5.00 Å². The first-order chi connectivity index (χ1) is 19.7. The van der Waals surface area contributed by atoms with Crippen molar-refractivity contribution >= 4 is 45.4 Å². The largest absolute Gasteiger partial charge is 0.493 e. The molecular formula is C33H36ClNO5S. The second-order valence-electron chi connectivity index (χ2n) is 10.1. The summed E-state index contributed by atoms with van der Waals surface area (Å²) in [6.07, 6.45) is 13.2. The third-order valence-corrected chi connectivity index (χ3v) is 8.31. The number of thiophene rings is 1. The van der Waals surface area contributed by atoms with Crippen LogP contribution >= 0.6 is 22.9 Å². The maximum Gasteiger partial charge on any atom is 0.346 e. The fraction of sp³-hybridized carbons (Fsp3) is 0.364. The minimum absolute atomic E-state index is 0.0642. The number of aliphatic imine (C=N–C) groups is 1. The molecule has 1 N–H and O–H groups in total. The van der Waals surface area contributed by atoms with E-state index >= 15 is 0 Å². The molecule has 2 saturated carbocycles. The number of halogens is 1. The number of aromatic carboxylic acids is 1. The van der Waals surface area contributed by atoms with Gasteiger partial charge < -0.3 is 14.6 Å². The van der Waals surface area contributed by atoms with E-state index in [2.05, 4.69) is 24.8 Å². The second kappa shape index (κ2) is 14.9. The van der Waals surface area contributed by atoms with Crippen molar-refractivity contribution in [3.05, 3.63) is 74.6 Å². The zero-order valence-corrected chi connectivity index (χ0v) is 25.5. The zero-order chi connectivity index (χ0) is 30.1. The van der Waals surface area contributed by atoms with Crippen LogP contribution in [0.15, 0.2) is 47.5 Å². The molecule has 2 aliphatic carbocycles. The molecule has 5 rings (SSSR count). The maximum absolute atomic E-state index is 12.1. The van der Waals surface area contributed by atoms with Crippen molar-refractivity contribution in [2.75, 3.05) is 7.11 Å². The number of hydrogen-bond acceptors (Lipinski definition) is 6. The van der Waals surface area contributed by atoms with Gasteiger partial charge in [-0.15, -0.1) is 24.2 Å². The number of rotatable bonds is 8. The van der Waals surface area contributed by atoms with Gasteiger partial charge in [-0.3, -0.25) is 4.79 Å². The summed E-state index contributed by atoms with van der Waals surface area (Å²) >= 11 is 7.01. The molecule has 6 nitrogen and oxygen atoms in total. The van der Waals surface area contributed by atoms with Crippen LogP contribution in [-0.2, 0) is 6.61 Å². The Hall–Kier alpha value is -3.60. The van der Waals surface area contributed by atoms with E-state index in [1.165, 1.54) is 18.3 Å². The number of ketones is 1. The Balaban J connectivity index is 0.000000215. The Kier molecular flexibility index (Phi) is 11.6. The summed E-state index contributed by atoms with van der Waals surface area (Å²) in [6.45, 7) is 6.18. The van der Waals surface area contributed by atoms with Crippen molar-refractivity contribution in [3.63, 3.8) is 0 Å². The van der Waals surface area contributed by atoms with E-state index in [0.29, 0.717) is 28.0 Å². The molecule has 0 radical (unpaired) electrons. The van der Waals surface area contributed by atoms with E-state index in [4.69, 9.17) is 21.1 Å². The van der Waals surface area contributed by atoms with Crippen LogP contribution in [0.1, 0.15) is 88.6 Å². The van der Waals surface area contributed by atoms with Crippen molar-refractivity contribution in [3.8, 4) is 24.3 Å². The lowest BCUT2D eigenvalue weighted by molar-refractivity contribution is 0.0701. The van der Waals surface area contributed by atoms with Crippen molar-refractivity contribution in [1.29, 1.82) is 0 Å². The number of terminal acetylenes is 1. The third kappa shape index (κ3) is 8.45. The summed E-state index contributed by atoms with van der Waals surface area (Å²) in [5.74, 6) is 1.17. The predicted molar refractivity (Wildman–Crippen MR) is 167 cm³/mol. The standard InChI is InChI=1S/C16H19NO3S.C15H15ClO2.C2H2/c1-8-4-3-5-11(8)17-15-12(9(2)18)13(10-6-7-10)14(21-15)16(19)20;1-11-3-8-14(15(9-11)17-2)18-10-12-4-6-13(16)7-5-12;1-2/h8,10H,3-7H2,1-2H3,(H,19,20);3-9H,10H2,1-2H3;1-2H/b17-11+;;. The van der Waals surface area contributed by atoms with Gasteiger partial charge >= 0.3 is 5.97 Å². The summed E-state index contributed by atoms with van der Waals surface area (Å²) in [6, 6.07) is 13.5. The quantitative estimate of drug-likeness (QED) is 0.208. The highest BCUT2D eigenvalue weighted by molar-refractivity contribution is 7.18. The van der Waals surface area contributed by atoms with Gasteiger partial charge in [-0.1, -0.05) is 36.7 Å². The molecule has 1 aromatic heterocycles. The third-order valence-electron chi connectivity index (χ3n) is 6.97. The van der Waals surface area contributed by atoms with E-state index < -0.39 is 5.97 Å². The number of ether oxygens (including phenoxy) is 2. The van der Waals surface area contributed by atoms with Crippen LogP contribution in [0.2, 0.25) is 5.02 Å². The van der Waals surface area contributed by atoms with Gasteiger partial charge in [-0.25, -0.2) is 9.79 Å². The van der Waals surface area contributed by atoms with Gasteiger partial charge in [0.25, 0.3) is 0 Å². The summed E-state index contributed by atoms with van der Waals surface area (Å²) in [5, 5.41) is 10.8. The molecule has 0 bridgehead atoms. The first kappa shape index (κ1) is 31.9. The Bertz CT molecular complexity index is 1420. The molecule has 41 heavy (non-hydrogen) atoms. The predicted octanol–water partition coefficient (Wildman–Crippen LogP) is 8.90. The van der Waals surface area contributed by atoms with Gasteiger partial charge in [0.15, 0.2) is 17.3 Å². The van der Waals surface area contributed by atoms with Gasteiger partial charge in [0.05, 0.1) is 12.7 Å². The molecule has 2 aliphatic rings. The van der Waals surface area contributed by atoms with Crippen LogP contribution < -0.4 is 9.47 Å². The minimum Gasteiger partial charge on any atom is -0.493 e. The fourth-order valence-corrected chi connectivity index (χ4v) is 6.01. The molecule has 1 unspecified atom stereocenters. The van der Waals surface area contributed by atoms with E-state index in [1.54, 1.807) is 7.11 Å². The number of hydrogen-bond donors (Lipinski definition) is 1. The van der Waals surface area contributed by atoms with E-state index in [0.717, 1.165) is 71.0 Å². The lowest BCUT2D eigenvalue weighted by Gasteiger charge is -2.11. The van der Waals surface area contributed by atoms with Crippen molar-refractivity contribution in [2.24, 2.45) is 10.9 Å². The number of carbonyl (C=O) groups is 2. The SMILES string of the molecule is C#C.CC(=O)c1c(/N=C2\CCCC2C)sc(C(=O)O)c1C1CC1.COc1cc(C)ccc1OCc1ccc(Cl)cc1. The summed E-state index contributed by atoms with van der Waals surface area (Å²) in [7, 11) is 1.64. The van der Waals surface area contributed by atoms with Crippen molar-refractivity contribution in [1.82, 2.24) is 0 Å². The summed E-state index contributed by atoms with van der Waals surface area (Å²) in [4.78, 5) is 28.5. The van der Waals surface area contributed by atoms with Gasteiger partial charge in [0, 0.05) is 10.7 Å². The number of methoxy groups -OCH3 is 1. The molecule has 3 aromatic rings. The minimum atomic E-state index is -0.935. The van der Waals surface area contributed by atoms with Crippen LogP contribution in [0.3, 0.4) is 0 Å². The molecule has 1 atom stereocenters. The van der Waals surface area contributed by atoms with Gasteiger partial charge in [-0.2, -0.15) is 0 Å². The molecular weight excluding hydrogens is 558 g/mol. The van der Waals surface area contributed by atoms with Crippen LogP contribution in [0.5, 0.6) is 11.5 Å². The van der Waals surface area contributed by atoms with E-state index in [1.807, 2.05) is 49.4 Å². The number of carboxylic acid groups (broad SMARTS) is 1. The van der Waals surface area contributed by atoms with Crippen LogP contribution in [-0.4, -0.2) is 29.7 Å². The van der Waals surface area contributed by atoms with Crippen LogP contribution in [0.25, 0.3) is 0 Å². The number of aryl methyl sites for hydroxylation is 1. The van der Waals surface area contributed by atoms with E-state index in [-0.39, 0.29) is 11.7 Å². The number of benzene rings is 2. The lowest BCUT2D eigenvalue weighted by atomic mass is 10.0. The zero-order valence-electron chi connectivity index (χ0n) is 23.9. The van der Waals surface area contributed by atoms with Crippen molar-refractivity contribution < 1.29 is 24.2 Å². The Morgan fingerprint density at radius 1 is 1.10 bits per heavy atom. The lowest BCUT2D eigenvalue weighted by Crippen LogP contribution is -2.03. The van der Waals surface area contributed by atoms with Gasteiger partial charge in [-0.05, 0) is 98.7 Å². The molecule has 0 spiro atoms. The Labute approximate surface area is 251 Å². The highest BCUT2D eigenvalue weighted by Crippen LogP contribution is 2.50. The van der Waals surface area contributed by atoms with E-state index in [9.17, 15) is 14.7 Å². The molecule has 2 aromatic carbocycles. The molecule has 2 fully saturated rings. The molecule has 216 valence electrons. The van der Waals surface area contributed by atoms with Crippen molar-refractivity contribution in [2.45, 2.75) is 65.4 Å². The fourth-order valence-electron chi connectivity index (χ4n) is 4.71. The van der Waals surface area contributed by atoms with Gasteiger partial charge in [0.1, 0.15) is 16.5 Å². The Morgan fingerprint density at radius 2 is 1.78 bits per heavy atom. The number of Topliss-reactive ketones (excluding diaryl/α,β-unsaturated/α-hetero) is 1. The molecule has 0 saturated heterocycles. The first-order valence-electron chi connectivity index (χ1n) is 13.5. The highest BCUT2D eigenvalue weighted by Gasteiger charge is 2.36. The number of carboxylic acids is 1. The normalized spacial score (nSPS) is 16.7. The first-order valence-corrected chi connectivity index (χ1v) is 14.7. The Morgan fingerprint density at radius 3 is 2.32 bits per heavy atom. The summed E-state index contributed by atoms with van der Waals surface area (Å²) < 4.78 is 11.0. The smallest absolute Gasteiger partial charge is 0.346 e. The number of carbonyl (C=O) groups excluding carboxylic acids is 1. The molecule has 0 amide bonds. The maximum atomic E-state index is 12.1. The molecule has 1 heterocycles. The average molecular weight is 594 g/mol. The molecule has 8 heteroatoms. The highest BCUT2D eigenvalue weighted by atomic mass is 35.5. The topological polar surface area (TPSA) is 85.2 Å². The number of nitrogens with zero attached hydrogens (tertiary/aromatic N) is 1. The monoisotopic (exact) mass is 593 g/mol. The molecule has 0 aliphatic heterocycles. The average Bonchev–Trinajstić information content (AvgIpc) is 3.61.